The van der Waals surface area contributed by atoms with Gasteiger partial charge in [-0.3, -0.25) is 10.2 Å². The molecule has 0 spiro atoms. The van der Waals surface area contributed by atoms with Crippen molar-refractivity contribution in [2.75, 3.05) is 6.26 Å². The molecule has 0 bridgehead atoms. The monoisotopic (exact) mass is 226 g/mol. The van der Waals surface area contributed by atoms with Crippen LogP contribution >= 0.6 is 11.8 Å². The molecule has 1 atom stereocenters. The van der Waals surface area contributed by atoms with Gasteiger partial charge in [0.15, 0.2) is 6.10 Å². The molecule has 5 heteroatoms. The van der Waals surface area contributed by atoms with Crippen LogP contribution < -0.4 is 16.0 Å². The predicted molar refractivity (Wildman–Crippen MR) is 60.6 cm³/mol. The van der Waals surface area contributed by atoms with Crippen LogP contribution in [0.2, 0.25) is 0 Å². The number of nitrogens with one attached hydrogen (secondary N) is 1. The first-order valence-corrected chi connectivity index (χ1v) is 5.71. The first kappa shape index (κ1) is 11.9. The summed E-state index contributed by atoms with van der Waals surface area (Å²) >= 11 is 1.57. The molecule has 1 rings (SSSR count). The summed E-state index contributed by atoms with van der Waals surface area (Å²) in [4.78, 5) is 12.1. The van der Waals surface area contributed by atoms with Crippen LogP contribution in [0.1, 0.15) is 6.92 Å². The summed E-state index contributed by atoms with van der Waals surface area (Å²) in [7, 11) is 0. The Balaban J connectivity index is 2.75. The van der Waals surface area contributed by atoms with Crippen molar-refractivity contribution < 1.29 is 9.53 Å². The minimum atomic E-state index is -0.594. The molecule has 1 amide bonds. The number of carbonyl (C=O) groups excluding carboxylic acids is 1. The van der Waals surface area contributed by atoms with E-state index in [1.165, 1.54) is 0 Å². The summed E-state index contributed by atoms with van der Waals surface area (Å²) in [5, 5.41) is 0. The first-order chi connectivity index (χ1) is 7.19. The smallest absolute Gasteiger partial charge is 0.274 e. The SMILES string of the molecule is CSc1ccccc1OC(C)C(=O)NN. The molecule has 1 aromatic rings. The van der Waals surface area contributed by atoms with Crippen LogP contribution in [0.5, 0.6) is 5.75 Å². The lowest BCUT2D eigenvalue weighted by atomic mass is 10.3. The number of hydrogen-bond acceptors (Lipinski definition) is 4. The van der Waals surface area contributed by atoms with E-state index in [0.717, 1.165) is 4.90 Å². The quantitative estimate of drug-likeness (QED) is 0.350. The minimum absolute atomic E-state index is 0.342. The lowest BCUT2D eigenvalue weighted by molar-refractivity contribution is -0.127. The normalized spacial score (nSPS) is 11.9. The number of hydrogen-bond donors (Lipinski definition) is 2. The topological polar surface area (TPSA) is 64.3 Å². The number of nitrogens with two attached hydrogens (primary N) is 1. The van der Waals surface area contributed by atoms with Gasteiger partial charge in [0, 0.05) is 4.90 Å². The summed E-state index contributed by atoms with van der Waals surface area (Å²) < 4.78 is 5.48. The number of amides is 1. The van der Waals surface area contributed by atoms with E-state index in [-0.39, 0.29) is 5.91 Å². The zero-order chi connectivity index (χ0) is 11.3. The number of rotatable bonds is 4. The number of carbonyl (C=O) groups is 1. The van der Waals surface area contributed by atoms with E-state index in [2.05, 4.69) is 5.43 Å². The Hall–Kier alpha value is -1.20. The highest BCUT2D eigenvalue weighted by molar-refractivity contribution is 7.98. The summed E-state index contributed by atoms with van der Waals surface area (Å²) in [6, 6.07) is 7.55. The maximum absolute atomic E-state index is 11.1. The number of ether oxygens (including phenoxy) is 1. The molecule has 82 valence electrons. The predicted octanol–water partition coefficient (Wildman–Crippen LogP) is 1.17. The number of thioether (sulfide) groups is 1. The highest BCUT2D eigenvalue weighted by Crippen LogP contribution is 2.27. The van der Waals surface area contributed by atoms with Gasteiger partial charge in [0.25, 0.3) is 5.91 Å². The van der Waals surface area contributed by atoms with Crippen LogP contribution in [0.4, 0.5) is 0 Å². The molecule has 1 unspecified atom stereocenters. The fourth-order valence-electron chi connectivity index (χ4n) is 1.08. The van der Waals surface area contributed by atoms with Gasteiger partial charge in [0.05, 0.1) is 0 Å². The second-order valence-electron chi connectivity index (χ2n) is 2.92. The third-order valence-electron chi connectivity index (χ3n) is 1.88. The van der Waals surface area contributed by atoms with E-state index in [0.29, 0.717) is 5.75 Å². The molecular formula is C10H14N2O2S. The van der Waals surface area contributed by atoms with Gasteiger partial charge in [0.2, 0.25) is 0 Å². The van der Waals surface area contributed by atoms with E-state index in [4.69, 9.17) is 10.6 Å². The Labute approximate surface area is 93.1 Å². The summed E-state index contributed by atoms with van der Waals surface area (Å²) in [5.74, 6) is 5.37. The molecular weight excluding hydrogens is 212 g/mol. The second kappa shape index (κ2) is 5.63. The van der Waals surface area contributed by atoms with Crippen LogP contribution in [-0.4, -0.2) is 18.3 Å². The van der Waals surface area contributed by atoms with Crippen LogP contribution in [0, 0.1) is 0 Å². The average molecular weight is 226 g/mol. The molecule has 0 aliphatic heterocycles. The van der Waals surface area contributed by atoms with Gasteiger partial charge in [-0.1, -0.05) is 12.1 Å². The average Bonchev–Trinajstić information content (AvgIpc) is 2.28. The summed E-state index contributed by atoms with van der Waals surface area (Å²) in [6.45, 7) is 1.65. The lowest BCUT2D eigenvalue weighted by Gasteiger charge is -2.14. The van der Waals surface area contributed by atoms with Crippen molar-refractivity contribution in [1.29, 1.82) is 0 Å². The van der Waals surface area contributed by atoms with Gasteiger partial charge in [-0.05, 0) is 25.3 Å². The van der Waals surface area contributed by atoms with Crippen LogP contribution in [0.25, 0.3) is 0 Å². The maximum Gasteiger partial charge on any atom is 0.274 e. The molecule has 0 heterocycles. The van der Waals surface area contributed by atoms with Gasteiger partial charge in [-0.2, -0.15) is 0 Å². The van der Waals surface area contributed by atoms with Crippen molar-refractivity contribution in [1.82, 2.24) is 5.43 Å². The Morgan fingerprint density at radius 2 is 2.20 bits per heavy atom. The largest absolute Gasteiger partial charge is 0.480 e. The third-order valence-corrected chi connectivity index (χ3v) is 2.66. The number of benzene rings is 1. The zero-order valence-corrected chi connectivity index (χ0v) is 9.51. The van der Waals surface area contributed by atoms with E-state index in [9.17, 15) is 4.79 Å². The molecule has 0 saturated heterocycles. The van der Waals surface area contributed by atoms with Crippen molar-refractivity contribution in [3.8, 4) is 5.75 Å². The van der Waals surface area contributed by atoms with Crippen molar-refractivity contribution in [2.24, 2.45) is 5.84 Å². The van der Waals surface area contributed by atoms with Gasteiger partial charge in [-0.25, -0.2) is 5.84 Å². The van der Waals surface area contributed by atoms with E-state index in [1.54, 1.807) is 18.7 Å². The molecule has 0 fully saturated rings. The first-order valence-electron chi connectivity index (χ1n) is 4.49. The lowest BCUT2D eigenvalue weighted by Crippen LogP contribution is -2.40. The van der Waals surface area contributed by atoms with Crippen LogP contribution in [0.15, 0.2) is 29.2 Å². The van der Waals surface area contributed by atoms with Crippen LogP contribution in [-0.2, 0) is 4.79 Å². The van der Waals surface area contributed by atoms with E-state index in [1.807, 2.05) is 30.5 Å². The molecule has 0 saturated carbocycles. The maximum atomic E-state index is 11.1. The Morgan fingerprint density at radius 3 is 2.80 bits per heavy atom. The number of hydrazine groups is 1. The Kier molecular flexibility index (Phi) is 4.45. The van der Waals surface area contributed by atoms with Gasteiger partial charge >= 0.3 is 0 Å². The van der Waals surface area contributed by atoms with E-state index >= 15 is 0 Å². The summed E-state index contributed by atoms with van der Waals surface area (Å²) in [5.41, 5.74) is 2.05. The molecule has 3 N–H and O–H groups in total. The molecule has 0 aliphatic carbocycles. The van der Waals surface area contributed by atoms with Crippen molar-refractivity contribution in [2.45, 2.75) is 17.9 Å². The summed E-state index contributed by atoms with van der Waals surface area (Å²) in [6.07, 6.45) is 1.36. The molecule has 0 radical (unpaired) electrons. The van der Waals surface area contributed by atoms with Gasteiger partial charge in [0.1, 0.15) is 5.75 Å². The second-order valence-corrected chi connectivity index (χ2v) is 3.77. The van der Waals surface area contributed by atoms with E-state index < -0.39 is 6.10 Å². The van der Waals surface area contributed by atoms with Crippen molar-refractivity contribution in [3.63, 3.8) is 0 Å². The van der Waals surface area contributed by atoms with Crippen LogP contribution in [0.3, 0.4) is 0 Å². The molecule has 0 aliphatic rings. The van der Waals surface area contributed by atoms with Gasteiger partial charge in [-0.15, -0.1) is 11.8 Å². The molecule has 1 aromatic carbocycles. The zero-order valence-electron chi connectivity index (χ0n) is 8.69. The molecule has 4 nitrogen and oxygen atoms in total. The van der Waals surface area contributed by atoms with Gasteiger partial charge < -0.3 is 4.74 Å². The molecule has 15 heavy (non-hydrogen) atoms. The fourth-order valence-corrected chi connectivity index (χ4v) is 1.61. The standard InChI is InChI=1S/C10H14N2O2S/c1-7(10(13)12-11)14-8-5-3-4-6-9(8)15-2/h3-7H,11H2,1-2H3,(H,12,13). The van der Waals surface area contributed by atoms with Crippen molar-refractivity contribution >= 4 is 17.7 Å². The minimum Gasteiger partial charge on any atom is -0.480 e. The Bertz CT molecular complexity index is 344. The fraction of sp³-hybridized carbons (Fsp3) is 0.300. The van der Waals surface area contributed by atoms with Crippen molar-refractivity contribution in [3.05, 3.63) is 24.3 Å². The third kappa shape index (κ3) is 3.14. The molecule has 0 aromatic heterocycles. The highest BCUT2D eigenvalue weighted by atomic mass is 32.2. The highest BCUT2D eigenvalue weighted by Gasteiger charge is 2.14. The number of para-hydroxylation sites is 1. The Morgan fingerprint density at radius 1 is 1.53 bits per heavy atom.